The zero-order chi connectivity index (χ0) is 21.6. The van der Waals surface area contributed by atoms with E-state index in [4.69, 9.17) is 11.6 Å². The molecule has 31 heavy (non-hydrogen) atoms. The van der Waals surface area contributed by atoms with Crippen LogP contribution in [0.15, 0.2) is 29.2 Å². The molecule has 3 saturated carbocycles. The van der Waals surface area contributed by atoms with Crippen LogP contribution < -0.4 is 5.32 Å². The lowest BCUT2D eigenvalue weighted by atomic mass is 9.75. The third kappa shape index (κ3) is 4.40. The van der Waals surface area contributed by atoms with Crippen LogP contribution in [0.4, 0.5) is 0 Å². The van der Waals surface area contributed by atoms with E-state index in [1.165, 1.54) is 36.1 Å². The van der Waals surface area contributed by atoms with Crippen molar-refractivity contribution < 1.29 is 13.2 Å². The van der Waals surface area contributed by atoms with Gasteiger partial charge in [-0.25, -0.2) is 8.42 Å². The number of nitrogens with zero attached hydrogens (tertiary/aromatic N) is 1. The Kier molecular flexibility index (Phi) is 5.85. The molecule has 1 heterocycles. The Morgan fingerprint density at radius 2 is 1.97 bits per heavy atom. The minimum atomic E-state index is -3.58. The highest BCUT2D eigenvalue weighted by molar-refractivity contribution is 7.89. The molecule has 0 aromatic heterocycles. The van der Waals surface area contributed by atoms with Crippen LogP contribution in [0.5, 0.6) is 0 Å². The Hall–Kier alpha value is -1.11. The molecule has 5 rings (SSSR count). The monoisotopic (exact) mass is 464 g/mol. The molecule has 0 radical (unpaired) electrons. The molecule has 4 fully saturated rings. The molecule has 1 amide bonds. The number of halogens is 1. The number of rotatable bonds is 5. The second-order valence-electron chi connectivity index (χ2n) is 10.5. The van der Waals surface area contributed by atoms with Crippen molar-refractivity contribution in [1.82, 2.24) is 9.62 Å². The largest absolute Gasteiger partial charge is 0.351 e. The molecule has 0 spiro atoms. The van der Waals surface area contributed by atoms with E-state index in [0.717, 1.165) is 49.9 Å². The summed E-state index contributed by atoms with van der Waals surface area (Å²) in [5, 5.41) is 3.89. The van der Waals surface area contributed by atoms with E-state index in [9.17, 15) is 13.2 Å². The third-order valence-corrected chi connectivity index (χ3v) is 10.4. The molecule has 7 heteroatoms. The van der Waals surface area contributed by atoms with E-state index in [1.54, 1.807) is 18.2 Å². The van der Waals surface area contributed by atoms with Gasteiger partial charge in [0.05, 0.1) is 4.90 Å². The minimum Gasteiger partial charge on any atom is -0.351 e. The van der Waals surface area contributed by atoms with Crippen LogP contribution in [0.1, 0.15) is 64.2 Å². The highest BCUT2D eigenvalue weighted by Gasteiger charge is 2.52. The number of benzene rings is 1. The van der Waals surface area contributed by atoms with E-state index in [0.29, 0.717) is 24.5 Å². The zero-order valence-corrected chi connectivity index (χ0v) is 19.6. The number of amides is 1. The Morgan fingerprint density at radius 1 is 1.13 bits per heavy atom. The summed E-state index contributed by atoms with van der Waals surface area (Å²) in [5.41, 5.74) is 0.0109. The van der Waals surface area contributed by atoms with Gasteiger partial charge in [-0.3, -0.25) is 4.79 Å². The molecule has 5 unspecified atom stereocenters. The maximum absolute atomic E-state index is 13.1. The van der Waals surface area contributed by atoms with Gasteiger partial charge in [0.2, 0.25) is 15.9 Å². The van der Waals surface area contributed by atoms with Crippen molar-refractivity contribution in [3.8, 4) is 0 Å². The summed E-state index contributed by atoms with van der Waals surface area (Å²) < 4.78 is 27.7. The second-order valence-corrected chi connectivity index (χ2v) is 12.9. The molecule has 1 aromatic carbocycles. The van der Waals surface area contributed by atoms with E-state index >= 15 is 0 Å². The first-order chi connectivity index (χ1) is 14.8. The molecular formula is C24H33ClN2O3S. The smallest absolute Gasteiger partial charge is 0.243 e. The summed E-state index contributed by atoms with van der Waals surface area (Å²) in [6, 6.07) is 6.43. The summed E-state index contributed by atoms with van der Waals surface area (Å²) >= 11 is 6.01. The standard InChI is InChI=1S/C24H33ClN2O3S/c25-21-7-2-8-22(12-21)31(29,30)27-9-3-5-18(16-27)11-23(28)26-24-13-17-4-1-6-19(14-24)20(10-17)15-24/h2,7-8,12,17-20H,1,3-6,9-11,13-16H2,(H,26,28). The summed E-state index contributed by atoms with van der Waals surface area (Å²) in [4.78, 5) is 13.3. The normalized spacial score (nSPS) is 35.6. The zero-order valence-electron chi connectivity index (χ0n) is 18.1. The molecule has 5 atom stereocenters. The number of hydrogen-bond donors (Lipinski definition) is 1. The van der Waals surface area contributed by atoms with Crippen LogP contribution >= 0.6 is 11.6 Å². The van der Waals surface area contributed by atoms with Crippen LogP contribution in [0.3, 0.4) is 0 Å². The predicted molar refractivity (Wildman–Crippen MR) is 121 cm³/mol. The third-order valence-electron chi connectivity index (χ3n) is 8.27. The van der Waals surface area contributed by atoms with Crippen molar-refractivity contribution in [2.24, 2.45) is 23.7 Å². The van der Waals surface area contributed by atoms with Gasteiger partial charge in [-0.05, 0) is 80.4 Å². The number of sulfonamides is 1. The fourth-order valence-corrected chi connectivity index (χ4v) is 8.96. The molecule has 3 aliphatic carbocycles. The minimum absolute atomic E-state index is 0.0109. The first-order valence-corrected chi connectivity index (χ1v) is 13.7. The molecule has 1 aromatic rings. The molecule has 4 aliphatic rings. The number of piperidine rings is 1. The molecule has 170 valence electrons. The maximum atomic E-state index is 13.1. The number of carbonyl (C=O) groups excluding carboxylic acids is 1. The number of fused-ring (bicyclic) bond motifs is 2. The van der Waals surface area contributed by atoms with Gasteiger partial charge in [-0.1, -0.05) is 36.9 Å². The lowest BCUT2D eigenvalue weighted by molar-refractivity contribution is -0.124. The van der Waals surface area contributed by atoms with Gasteiger partial charge >= 0.3 is 0 Å². The number of hydrogen-bond acceptors (Lipinski definition) is 3. The predicted octanol–water partition coefficient (Wildman–Crippen LogP) is 4.61. The fraction of sp³-hybridized carbons (Fsp3) is 0.708. The molecule has 5 nitrogen and oxygen atoms in total. The van der Waals surface area contributed by atoms with Crippen molar-refractivity contribution in [1.29, 1.82) is 0 Å². The molecule has 1 saturated heterocycles. The first-order valence-electron chi connectivity index (χ1n) is 11.9. The molecule has 1 N–H and O–H groups in total. The van der Waals surface area contributed by atoms with Crippen molar-refractivity contribution in [2.75, 3.05) is 13.1 Å². The van der Waals surface area contributed by atoms with Gasteiger partial charge < -0.3 is 5.32 Å². The van der Waals surface area contributed by atoms with Gasteiger partial charge in [-0.15, -0.1) is 0 Å². The van der Waals surface area contributed by atoms with E-state index in [-0.39, 0.29) is 22.3 Å². The number of carbonyl (C=O) groups is 1. The van der Waals surface area contributed by atoms with Crippen molar-refractivity contribution in [2.45, 2.75) is 74.6 Å². The quantitative estimate of drug-likeness (QED) is 0.692. The fourth-order valence-electron chi connectivity index (χ4n) is 7.10. The first kappa shape index (κ1) is 21.7. The van der Waals surface area contributed by atoms with Crippen LogP contribution in [0, 0.1) is 23.7 Å². The topological polar surface area (TPSA) is 66.5 Å². The van der Waals surface area contributed by atoms with Gasteiger partial charge in [0.25, 0.3) is 0 Å². The summed E-state index contributed by atoms with van der Waals surface area (Å²) in [6.45, 7) is 0.908. The SMILES string of the molecule is O=C(CC1CCCN(S(=O)(=O)c2cccc(Cl)c2)C1)NC12CC3CCCC(C1)C(C3)C2. The van der Waals surface area contributed by atoms with Gasteiger partial charge in [0, 0.05) is 30.1 Å². The maximum Gasteiger partial charge on any atom is 0.243 e. The van der Waals surface area contributed by atoms with E-state index in [1.807, 2.05) is 0 Å². The van der Waals surface area contributed by atoms with Crippen molar-refractivity contribution in [3.05, 3.63) is 29.3 Å². The average Bonchev–Trinajstić information content (AvgIpc) is 2.87. The highest BCUT2D eigenvalue weighted by atomic mass is 35.5. The second kappa shape index (κ2) is 8.35. The van der Waals surface area contributed by atoms with Gasteiger partial charge in [0.1, 0.15) is 0 Å². The van der Waals surface area contributed by atoms with Crippen LogP contribution in [0.25, 0.3) is 0 Å². The summed E-state index contributed by atoms with van der Waals surface area (Å²) in [6.07, 6.45) is 10.9. The van der Waals surface area contributed by atoms with Crippen LogP contribution in [0.2, 0.25) is 5.02 Å². The van der Waals surface area contributed by atoms with E-state index < -0.39 is 10.0 Å². The van der Waals surface area contributed by atoms with Crippen molar-refractivity contribution in [3.63, 3.8) is 0 Å². The van der Waals surface area contributed by atoms with Gasteiger partial charge in [0.15, 0.2) is 0 Å². The highest BCUT2D eigenvalue weighted by Crippen LogP contribution is 2.55. The van der Waals surface area contributed by atoms with Crippen LogP contribution in [-0.2, 0) is 14.8 Å². The average molecular weight is 465 g/mol. The van der Waals surface area contributed by atoms with Crippen LogP contribution in [-0.4, -0.2) is 37.3 Å². The summed E-state index contributed by atoms with van der Waals surface area (Å²) in [5.74, 6) is 2.56. The molecule has 1 aliphatic heterocycles. The molecular weight excluding hydrogens is 432 g/mol. The Bertz CT molecular complexity index is 948. The Balaban J connectivity index is 1.22. The van der Waals surface area contributed by atoms with Crippen molar-refractivity contribution >= 4 is 27.5 Å². The Morgan fingerprint density at radius 3 is 2.81 bits per heavy atom. The summed E-state index contributed by atoms with van der Waals surface area (Å²) in [7, 11) is -3.58. The lowest BCUT2D eigenvalue weighted by Crippen LogP contribution is -2.50. The lowest BCUT2D eigenvalue weighted by Gasteiger charge is -2.39. The number of nitrogens with one attached hydrogen (secondary N) is 1. The van der Waals surface area contributed by atoms with E-state index in [2.05, 4.69) is 5.32 Å². The van der Waals surface area contributed by atoms with Gasteiger partial charge in [-0.2, -0.15) is 4.31 Å². The Labute approximate surface area is 191 Å². The molecule has 3 bridgehead atoms.